The van der Waals surface area contributed by atoms with Gasteiger partial charge in [0.05, 0.1) is 11.7 Å². The van der Waals surface area contributed by atoms with Crippen LogP contribution < -0.4 is 4.90 Å². The highest BCUT2D eigenvalue weighted by Crippen LogP contribution is 2.35. The molecule has 1 saturated heterocycles. The first-order chi connectivity index (χ1) is 9.99. The molecule has 2 aromatic rings. The minimum absolute atomic E-state index is 0.162. The Balaban J connectivity index is 2.15. The van der Waals surface area contributed by atoms with Gasteiger partial charge in [0.15, 0.2) is 5.82 Å². The Morgan fingerprint density at radius 2 is 2.05 bits per heavy atom. The molecule has 1 aliphatic rings. The highest BCUT2D eigenvalue weighted by atomic mass is 35.5. The Morgan fingerprint density at radius 3 is 2.62 bits per heavy atom. The van der Waals surface area contributed by atoms with Crippen molar-refractivity contribution in [3.8, 4) is 0 Å². The summed E-state index contributed by atoms with van der Waals surface area (Å²) in [5.74, 6) is 0.630. The zero-order valence-electron chi connectivity index (χ0n) is 11.7. The number of pyridine rings is 1. The number of aromatic nitrogens is 3. The molecule has 0 radical (unpaired) electrons. The Bertz CT molecular complexity index is 677. The van der Waals surface area contributed by atoms with Crippen molar-refractivity contribution in [2.45, 2.75) is 38.7 Å². The summed E-state index contributed by atoms with van der Waals surface area (Å²) in [6, 6.07) is 0.935. The van der Waals surface area contributed by atoms with Crippen molar-refractivity contribution in [2.24, 2.45) is 0 Å². The van der Waals surface area contributed by atoms with Gasteiger partial charge in [-0.1, -0.05) is 25.4 Å². The molecule has 0 amide bonds. The maximum absolute atomic E-state index is 13.0. The van der Waals surface area contributed by atoms with Crippen molar-refractivity contribution in [3.63, 3.8) is 0 Å². The molecule has 0 aromatic carbocycles. The van der Waals surface area contributed by atoms with Crippen molar-refractivity contribution in [1.29, 1.82) is 0 Å². The van der Waals surface area contributed by atoms with Crippen molar-refractivity contribution < 1.29 is 8.78 Å². The van der Waals surface area contributed by atoms with Crippen LogP contribution in [0.25, 0.3) is 10.8 Å². The summed E-state index contributed by atoms with van der Waals surface area (Å²) in [5, 5.41) is 10.3. The van der Waals surface area contributed by atoms with E-state index in [-0.39, 0.29) is 5.92 Å². The van der Waals surface area contributed by atoms with Crippen molar-refractivity contribution >= 4 is 28.2 Å². The molecule has 3 heterocycles. The van der Waals surface area contributed by atoms with E-state index in [2.05, 4.69) is 15.2 Å². The van der Waals surface area contributed by atoms with Gasteiger partial charge in [0, 0.05) is 23.5 Å². The van der Waals surface area contributed by atoms with E-state index in [1.54, 1.807) is 17.2 Å². The highest BCUT2D eigenvalue weighted by Gasteiger charge is 2.37. The number of hydrogen-bond donors (Lipinski definition) is 0. The predicted molar refractivity (Wildman–Crippen MR) is 78.2 cm³/mol. The summed E-state index contributed by atoms with van der Waals surface area (Å²) in [6.45, 7) is 4.56. The van der Waals surface area contributed by atoms with E-state index in [0.29, 0.717) is 23.9 Å². The Kier molecular flexibility index (Phi) is 3.65. The van der Waals surface area contributed by atoms with Crippen LogP contribution in [-0.4, -0.2) is 34.2 Å². The molecule has 21 heavy (non-hydrogen) atoms. The van der Waals surface area contributed by atoms with Crippen LogP contribution in [0.1, 0.15) is 31.9 Å². The first kappa shape index (κ1) is 14.4. The zero-order chi connectivity index (χ0) is 15.1. The molecule has 1 fully saturated rings. The Morgan fingerprint density at radius 1 is 1.29 bits per heavy atom. The number of halogens is 3. The molecule has 3 rings (SSSR count). The third-order valence-electron chi connectivity index (χ3n) is 3.82. The minimum Gasteiger partial charge on any atom is -0.346 e. The highest BCUT2D eigenvalue weighted by molar-refractivity contribution is 6.30. The van der Waals surface area contributed by atoms with E-state index < -0.39 is 12.5 Å². The van der Waals surface area contributed by atoms with E-state index in [0.717, 1.165) is 16.5 Å². The minimum atomic E-state index is -2.39. The van der Waals surface area contributed by atoms with Crippen LogP contribution in [0, 0.1) is 0 Å². The zero-order valence-corrected chi connectivity index (χ0v) is 12.5. The molecule has 0 N–H and O–H groups in total. The summed E-state index contributed by atoms with van der Waals surface area (Å²) in [6.07, 6.45) is -0.331. The number of fused-ring (bicyclic) bond motifs is 1. The third kappa shape index (κ3) is 2.41. The lowest BCUT2D eigenvalue weighted by Crippen LogP contribution is -2.52. The van der Waals surface area contributed by atoms with Crippen LogP contribution >= 0.6 is 11.6 Å². The summed E-state index contributed by atoms with van der Waals surface area (Å²) < 4.78 is 25.9. The van der Waals surface area contributed by atoms with Crippen LogP contribution in [0.5, 0.6) is 0 Å². The fraction of sp³-hybridized carbons (Fsp3) is 0.500. The van der Waals surface area contributed by atoms with E-state index in [1.807, 2.05) is 13.8 Å². The van der Waals surface area contributed by atoms with Gasteiger partial charge in [-0.15, -0.1) is 5.10 Å². The van der Waals surface area contributed by atoms with E-state index in [9.17, 15) is 8.78 Å². The maximum atomic E-state index is 13.0. The van der Waals surface area contributed by atoms with E-state index >= 15 is 0 Å². The number of rotatable bonds is 3. The first-order valence-corrected chi connectivity index (χ1v) is 7.23. The third-order valence-corrected chi connectivity index (χ3v) is 4.02. The molecular formula is C14H15ClF2N4. The lowest BCUT2D eigenvalue weighted by molar-refractivity contribution is 0.0873. The summed E-state index contributed by atoms with van der Waals surface area (Å²) in [7, 11) is 0. The van der Waals surface area contributed by atoms with E-state index in [4.69, 9.17) is 11.6 Å². The van der Waals surface area contributed by atoms with Crippen molar-refractivity contribution in [1.82, 2.24) is 15.2 Å². The molecule has 1 aliphatic heterocycles. The monoisotopic (exact) mass is 312 g/mol. The van der Waals surface area contributed by atoms with Gasteiger partial charge in [-0.05, 0) is 18.4 Å². The number of hydrogen-bond acceptors (Lipinski definition) is 4. The lowest BCUT2D eigenvalue weighted by atomic mass is 10.0. The molecule has 4 nitrogen and oxygen atoms in total. The van der Waals surface area contributed by atoms with Crippen LogP contribution in [-0.2, 0) is 0 Å². The second-order valence-corrected chi connectivity index (χ2v) is 5.89. The van der Waals surface area contributed by atoms with Crippen LogP contribution in [0.4, 0.5) is 14.6 Å². The smallest absolute Gasteiger partial charge is 0.258 e. The van der Waals surface area contributed by atoms with Crippen LogP contribution in [0.3, 0.4) is 0 Å². The molecule has 2 aromatic heterocycles. The van der Waals surface area contributed by atoms with Gasteiger partial charge >= 0.3 is 0 Å². The predicted octanol–water partition coefficient (Wildman–Crippen LogP) is 3.65. The van der Waals surface area contributed by atoms with Crippen LogP contribution in [0.15, 0.2) is 12.3 Å². The maximum Gasteiger partial charge on any atom is 0.258 e. The fourth-order valence-corrected chi connectivity index (χ4v) is 2.76. The molecule has 1 atom stereocenters. The average molecular weight is 313 g/mol. The topological polar surface area (TPSA) is 41.9 Å². The molecule has 112 valence electrons. The molecule has 1 unspecified atom stereocenters. The first-order valence-electron chi connectivity index (χ1n) is 6.85. The van der Waals surface area contributed by atoms with Gasteiger partial charge in [-0.2, -0.15) is 5.10 Å². The van der Waals surface area contributed by atoms with Gasteiger partial charge in [0.25, 0.3) is 6.43 Å². The number of anilines is 1. The lowest BCUT2D eigenvalue weighted by Gasteiger charge is -2.41. The second-order valence-electron chi connectivity index (χ2n) is 5.50. The molecule has 0 aliphatic carbocycles. The summed E-state index contributed by atoms with van der Waals surface area (Å²) in [4.78, 5) is 5.66. The number of nitrogens with zero attached hydrogens (tertiary/aromatic N) is 4. The standard InChI is InChI=1S/C14H15ClF2N4/c1-7(2)12-8-5-11(15)18-6-9(8)14(20-19-12)21-4-3-10(21)13(16)17/h5-7,10,13H,3-4H2,1-2H3. The average Bonchev–Trinajstić information content (AvgIpc) is 2.36. The molecule has 0 saturated carbocycles. The van der Waals surface area contributed by atoms with Crippen molar-refractivity contribution in [3.05, 3.63) is 23.1 Å². The normalized spacial score (nSPS) is 18.6. The fourth-order valence-electron chi connectivity index (χ4n) is 2.60. The Hall–Kier alpha value is -1.56. The quantitative estimate of drug-likeness (QED) is 0.811. The van der Waals surface area contributed by atoms with Gasteiger partial charge in [-0.25, -0.2) is 13.8 Å². The molecule has 0 bridgehead atoms. The molecular weight excluding hydrogens is 298 g/mol. The Labute approximate surface area is 126 Å². The van der Waals surface area contributed by atoms with Gasteiger partial charge in [-0.3, -0.25) is 0 Å². The van der Waals surface area contributed by atoms with E-state index in [1.165, 1.54) is 0 Å². The largest absolute Gasteiger partial charge is 0.346 e. The number of alkyl halides is 2. The summed E-state index contributed by atoms with van der Waals surface area (Å²) >= 11 is 5.96. The van der Waals surface area contributed by atoms with Gasteiger partial charge < -0.3 is 4.90 Å². The van der Waals surface area contributed by atoms with Crippen molar-refractivity contribution in [2.75, 3.05) is 11.4 Å². The summed E-state index contributed by atoms with van der Waals surface area (Å²) in [5.41, 5.74) is 0.798. The molecule has 7 heteroatoms. The second kappa shape index (κ2) is 5.33. The van der Waals surface area contributed by atoms with Gasteiger partial charge in [0.1, 0.15) is 5.15 Å². The SMILES string of the molecule is CC(C)c1nnc(N2CCC2C(F)F)c2cnc(Cl)cc12. The van der Waals surface area contributed by atoms with Crippen LogP contribution in [0.2, 0.25) is 5.15 Å². The molecule has 0 spiro atoms. The van der Waals surface area contributed by atoms with Gasteiger partial charge in [0.2, 0.25) is 0 Å².